The van der Waals surface area contributed by atoms with Gasteiger partial charge >= 0.3 is 0 Å². The van der Waals surface area contributed by atoms with E-state index in [9.17, 15) is 0 Å². The summed E-state index contributed by atoms with van der Waals surface area (Å²) in [5.74, 6) is 0. The maximum Gasteiger partial charge on any atom is 0.0477 e. The minimum atomic E-state index is 0.649. The Balaban J connectivity index is 3.20. The molecule has 0 aromatic carbocycles. The molecule has 16 heavy (non-hydrogen) atoms. The fourth-order valence-electron chi connectivity index (χ4n) is 2.04. The average molecular weight is 229 g/mol. The molecule has 2 nitrogen and oxygen atoms in total. The maximum absolute atomic E-state index is 5.11. The van der Waals surface area contributed by atoms with Crippen LogP contribution in [0.2, 0.25) is 0 Å². The fourth-order valence-corrected chi connectivity index (χ4v) is 2.04. The normalized spacial score (nSPS) is 12.9. The molecule has 0 fully saturated rings. The van der Waals surface area contributed by atoms with Crippen LogP contribution in [0.25, 0.3) is 0 Å². The van der Waals surface area contributed by atoms with E-state index in [-0.39, 0.29) is 0 Å². The summed E-state index contributed by atoms with van der Waals surface area (Å²) >= 11 is 0. The zero-order chi connectivity index (χ0) is 12.1. The lowest BCUT2D eigenvalue weighted by Crippen LogP contribution is -2.26. The molecule has 98 valence electrons. The number of hydrogen-bond donors (Lipinski definition) is 1. The summed E-state index contributed by atoms with van der Waals surface area (Å²) in [6.07, 6.45) is 12.2. The van der Waals surface area contributed by atoms with E-state index >= 15 is 0 Å². The largest absolute Gasteiger partial charge is 0.385 e. The Morgan fingerprint density at radius 3 is 2.12 bits per heavy atom. The molecule has 0 heterocycles. The van der Waals surface area contributed by atoms with Gasteiger partial charge in [-0.25, -0.2) is 0 Å². The van der Waals surface area contributed by atoms with Crippen LogP contribution in [0.5, 0.6) is 0 Å². The molecular weight excluding hydrogens is 198 g/mol. The number of unbranched alkanes of at least 4 members (excludes halogenated alkanes) is 6. The summed E-state index contributed by atoms with van der Waals surface area (Å²) in [5, 5.41) is 3.37. The highest BCUT2D eigenvalue weighted by molar-refractivity contribution is 4.64. The Hall–Kier alpha value is -0.0800. The van der Waals surface area contributed by atoms with E-state index in [1.165, 1.54) is 51.4 Å². The predicted octanol–water partition coefficient (Wildman–Crippen LogP) is 3.75. The molecule has 2 heteroatoms. The Morgan fingerprint density at radius 1 is 0.938 bits per heavy atom. The number of nitrogens with one attached hydrogen (secondary N) is 1. The molecule has 0 amide bonds. The molecule has 0 bridgehead atoms. The summed E-state index contributed by atoms with van der Waals surface area (Å²) in [7, 11) is 3.84. The van der Waals surface area contributed by atoms with Gasteiger partial charge in [0.05, 0.1) is 0 Å². The predicted molar refractivity (Wildman–Crippen MR) is 72.0 cm³/mol. The van der Waals surface area contributed by atoms with E-state index in [2.05, 4.69) is 19.3 Å². The molecule has 1 atom stereocenters. The molecule has 0 spiro atoms. The SMILES string of the molecule is CCCCCCCCCC(CCOC)NC. The number of ether oxygens (including phenoxy) is 1. The van der Waals surface area contributed by atoms with Crippen molar-refractivity contribution >= 4 is 0 Å². The Kier molecular flexibility index (Phi) is 12.9. The van der Waals surface area contributed by atoms with Crippen LogP contribution >= 0.6 is 0 Å². The average Bonchev–Trinajstić information content (AvgIpc) is 2.32. The first kappa shape index (κ1) is 15.9. The summed E-state index contributed by atoms with van der Waals surface area (Å²) in [6, 6.07) is 0.649. The summed E-state index contributed by atoms with van der Waals surface area (Å²) < 4.78 is 5.11. The smallest absolute Gasteiger partial charge is 0.0477 e. The molecule has 0 aliphatic rings. The van der Waals surface area contributed by atoms with Crippen LogP contribution in [0.15, 0.2) is 0 Å². The molecule has 0 saturated heterocycles. The van der Waals surface area contributed by atoms with Crippen molar-refractivity contribution in [1.29, 1.82) is 0 Å². The lowest BCUT2D eigenvalue weighted by atomic mass is 10.0. The van der Waals surface area contributed by atoms with Crippen molar-refractivity contribution in [2.75, 3.05) is 20.8 Å². The van der Waals surface area contributed by atoms with Gasteiger partial charge in [0.25, 0.3) is 0 Å². The minimum absolute atomic E-state index is 0.649. The molecule has 0 aromatic heterocycles. The third-order valence-electron chi connectivity index (χ3n) is 3.23. The van der Waals surface area contributed by atoms with E-state index in [0.717, 1.165) is 13.0 Å². The van der Waals surface area contributed by atoms with Crippen LogP contribution in [-0.4, -0.2) is 26.8 Å². The topological polar surface area (TPSA) is 21.3 Å². The standard InChI is InChI=1S/C14H31NO/c1-4-5-6-7-8-9-10-11-14(15-2)12-13-16-3/h14-15H,4-13H2,1-3H3. The fraction of sp³-hybridized carbons (Fsp3) is 1.00. The zero-order valence-corrected chi connectivity index (χ0v) is 11.6. The van der Waals surface area contributed by atoms with E-state index in [1.807, 2.05) is 0 Å². The van der Waals surface area contributed by atoms with Gasteiger partial charge in [-0.3, -0.25) is 0 Å². The van der Waals surface area contributed by atoms with Crippen molar-refractivity contribution in [3.05, 3.63) is 0 Å². The van der Waals surface area contributed by atoms with Crippen molar-refractivity contribution in [2.24, 2.45) is 0 Å². The van der Waals surface area contributed by atoms with Crippen LogP contribution in [0.1, 0.15) is 64.7 Å². The highest BCUT2D eigenvalue weighted by atomic mass is 16.5. The number of rotatable bonds is 12. The van der Waals surface area contributed by atoms with Crippen LogP contribution in [0, 0.1) is 0 Å². The molecule has 0 rings (SSSR count). The van der Waals surface area contributed by atoms with Gasteiger partial charge < -0.3 is 10.1 Å². The first-order valence-corrected chi connectivity index (χ1v) is 7.01. The molecule has 1 N–H and O–H groups in total. The Morgan fingerprint density at radius 2 is 1.56 bits per heavy atom. The molecule has 1 unspecified atom stereocenters. The Labute approximate surface area is 102 Å². The van der Waals surface area contributed by atoms with Gasteiger partial charge in [-0.1, -0.05) is 51.9 Å². The van der Waals surface area contributed by atoms with Gasteiger partial charge in [-0.2, -0.15) is 0 Å². The van der Waals surface area contributed by atoms with Crippen LogP contribution in [-0.2, 0) is 4.74 Å². The van der Waals surface area contributed by atoms with Crippen molar-refractivity contribution in [3.63, 3.8) is 0 Å². The van der Waals surface area contributed by atoms with Gasteiger partial charge in [0, 0.05) is 19.8 Å². The summed E-state index contributed by atoms with van der Waals surface area (Å²) in [6.45, 7) is 3.15. The van der Waals surface area contributed by atoms with Gasteiger partial charge in [0.15, 0.2) is 0 Å². The second kappa shape index (κ2) is 13.0. The molecule has 0 aliphatic carbocycles. The van der Waals surface area contributed by atoms with Gasteiger partial charge in [0.1, 0.15) is 0 Å². The van der Waals surface area contributed by atoms with Crippen molar-refractivity contribution < 1.29 is 4.74 Å². The summed E-state index contributed by atoms with van der Waals surface area (Å²) in [5.41, 5.74) is 0. The second-order valence-electron chi connectivity index (χ2n) is 4.68. The quantitative estimate of drug-likeness (QED) is 0.515. The van der Waals surface area contributed by atoms with Crippen molar-refractivity contribution in [1.82, 2.24) is 5.32 Å². The molecule has 0 radical (unpaired) electrons. The molecule has 0 aromatic rings. The van der Waals surface area contributed by atoms with Crippen LogP contribution in [0.3, 0.4) is 0 Å². The van der Waals surface area contributed by atoms with Gasteiger partial charge in [-0.05, 0) is 19.9 Å². The van der Waals surface area contributed by atoms with Crippen LogP contribution < -0.4 is 5.32 Å². The first-order chi connectivity index (χ1) is 7.85. The first-order valence-electron chi connectivity index (χ1n) is 7.01. The van der Waals surface area contributed by atoms with Crippen molar-refractivity contribution in [2.45, 2.75) is 70.8 Å². The van der Waals surface area contributed by atoms with Crippen LogP contribution in [0.4, 0.5) is 0 Å². The third-order valence-corrected chi connectivity index (χ3v) is 3.23. The second-order valence-corrected chi connectivity index (χ2v) is 4.68. The number of methoxy groups -OCH3 is 1. The third kappa shape index (κ3) is 10.4. The highest BCUT2D eigenvalue weighted by Gasteiger charge is 2.04. The van der Waals surface area contributed by atoms with Gasteiger partial charge in [0.2, 0.25) is 0 Å². The van der Waals surface area contributed by atoms with Crippen molar-refractivity contribution in [3.8, 4) is 0 Å². The highest BCUT2D eigenvalue weighted by Crippen LogP contribution is 2.10. The molecule has 0 aliphatic heterocycles. The maximum atomic E-state index is 5.11. The Bertz CT molecular complexity index is 128. The zero-order valence-electron chi connectivity index (χ0n) is 11.6. The van der Waals surface area contributed by atoms with E-state index < -0.39 is 0 Å². The van der Waals surface area contributed by atoms with E-state index in [1.54, 1.807) is 7.11 Å². The summed E-state index contributed by atoms with van der Waals surface area (Å²) in [4.78, 5) is 0. The minimum Gasteiger partial charge on any atom is -0.385 e. The van der Waals surface area contributed by atoms with Gasteiger partial charge in [-0.15, -0.1) is 0 Å². The van der Waals surface area contributed by atoms with E-state index in [4.69, 9.17) is 4.74 Å². The lowest BCUT2D eigenvalue weighted by Gasteiger charge is -2.15. The molecule has 0 saturated carbocycles. The molecular formula is C14H31NO. The number of hydrogen-bond acceptors (Lipinski definition) is 2. The lowest BCUT2D eigenvalue weighted by molar-refractivity contribution is 0.182. The van der Waals surface area contributed by atoms with E-state index in [0.29, 0.717) is 6.04 Å². The monoisotopic (exact) mass is 229 g/mol.